The average Bonchev–Trinajstić information content (AvgIpc) is 2.18. The van der Waals surface area contributed by atoms with E-state index in [2.05, 4.69) is 0 Å². The third kappa shape index (κ3) is 3.59. The molecule has 15 heavy (non-hydrogen) atoms. The molecule has 0 aromatic carbocycles. The fourth-order valence-electron chi connectivity index (χ4n) is 2.03. The van der Waals surface area contributed by atoms with E-state index in [9.17, 15) is 13.2 Å². The molecule has 0 N–H and O–H groups in total. The summed E-state index contributed by atoms with van der Waals surface area (Å²) in [5.74, 6) is 0.134. The molecule has 1 fully saturated rings. The summed E-state index contributed by atoms with van der Waals surface area (Å²) in [7, 11) is -3.15. The lowest BCUT2D eigenvalue weighted by Gasteiger charge is -2.20. The van der Waals surface area contributed by atoms with Gasteiger partial charge in [-0.3, -0.25) is 4.79 Å². The van der Waals surface area contributed by atoms with E-state index < -0.39 is 15.1 Å². The molecule has 0 heterocycles. The fraction of sp³-hybridized carbons (Fsp3) is 0.909. The molecule has 1 unspecified atom stereocenters. The Labute approximate surface area is 92.2 Å². The highest BCUT2D eigenvalue weighted by Crippen LogP contribution is 2.22. The Morgan fingerprint density at radius 1 is 1.27 bits per heavy atom. The second-order valence-electron chi connectivity index (χ2n) is 4.27. The number of hydrogen-bond acceptors (Lipinski definition) is 3. The first kappa shape index (κ1) is 12.7. The minimum atomic E-state index is -3.15. The predicted molar refractivity (Wildman–Crippen MR) is 60.6 cm³/mol. The van der Waals surface area contributed by atoms with Crippen LogP contribution in [0.1, 0.15) is 51.9 Å². The summed E-state index contributed by atoms with van der Waals surface area (Å²) in [5, 5.41) is -0.678. The second kappa shape index (κ2) is 5.64. The van der Waals surface area contributed by atoms with E-state index in [1.807, 2.05) is 6.92 Å². The lowest BCUT2D eigenvalue weighted by molar-refractivity contribution is -0.119. The van der Waals surface area contributed by atoms with Crippen molar-refractivity contribution in [3.05, 3.63) is 0 Å². The lowest BCUT2D eigenvalue weighted by atomic mass is 9.99. The molecule has 0 aromatic heterocycles. The number of unbranched alkanes of at least 4 members (excludes halogenated alkanes) is 2. The maximum absolute atomic E-state index is 11.9. The first-order chi connectivity index (χ1) is 7.08. The monoisotopic (exact) mass is 232 g/mol. The average molecular weight is 232 g/mol. The molecular formula is C11H20O3S. The van der Waals surface area contributed by atoms with Crippen molar-refractivity contribution in [2.45, 2.75) is 57.1 Å². The Kier molecular flexibility index (Phi) is 4.77. The molecule has 1 aliphatic rings. The number of ketones is 1. The van der Waals surface area contributed by atoms with Gasteiger partial charge in [-0.15, -0.1) is 0 Å². The molecule has 1 atom stereocenters. The normalized spacial score (nSPS) is 23.0. The smallest absolute Gasteiger partial charge is 0.160 e. The predicted octanol–water partition coefficient (Wildman–Crippen LogP) is 2.10. The number of hydrogen-bond donors (Lipinski definition) is 0. The molecule has 0 bridgehead atoms. The first-order valence-electron chi connectivity index (χ1n) is 5.82. The van der Waals surface area contributed by atoms with Crippen LogP contribution in [-0.2, 0) is 14.6 Å². The summed E-state index contributed by atoms with van der Waals surface area (Å²) < 4.78 is 23.7. The largest absolute Gasteiger partial charge is 0.298 e. The van der Waals surface area contributed by atoms with Crippen LogP contribution in [0.15, 0.2) is 0 Å². The first-order valence-corrected chi connectivity index (χ1v) is 7.53. The van der Waals surface area contributed by atoms with Gasteiger partial charge in [0.1, 0.15) is 5.25 Å². The third-order valence-electron chi connectivity index (χ3n) is 2.96. The Hall–Kier alpha value is -0.380. The summed E-state index contributed by atoms with van der Waals surface area (Å²) in [5.41, 5.74) is 0. The third-order valence-corrected chi connectivity index (χ3v) is 5.19. The molecule has 1 aliphatic carbocycles. The highest BCUT2D eigenvalue weighted by molar-refractivity contribution is 7.92. The molecule has 88 valence electrons. The van der Waals surface area contributed by atoms with Gasteiger partial charge in [0.05, 0.1) is 5.75 Å². The van der Waals surface area contributed by atoms with Crippen molar-refractivity contribution in [3.63, 3.8) is 0 Å². The zero-order chi connectivity index (χ0) is 11.3. The molecule has 0 aliphatic heterocycles. The maximum atomic E-state index is 11.9. The summed E-state index contributed by atoms with van der Waals surface area (Å²) in [6.45, 7) is 2.04. The van der Waals surface area contributed by atoms with Gasteiger partial charge in [0, 0.05) is 6.42 Å². The number of Topliss-reactive ketones (excluding diaryl/α,β-unsaturated/α-hetero) is 1. The van der Waals surface area contributed by atoms with E-state index in [4.69, 9.17) is 0 Å². The van der Waals surface area contributed by atoms with Crippen LogP contribution in [0, 0.1) is 0 Å². The Balaban J connectivity index is 2.55. The number of rotatable bonds is 5. The number of carbonyl (C=O) groups is 1. The Morgan fingerprint density at radius 2 is 2.00 bits per heavy atom. The van der Waals surface area contributed by atoms with Gasteiger partial charge in [0.15, 0.2) is 15.6 Å². The van der Waals surface area contributed by atoms with Gasteiger partial charge in [-0.1, -0.05) is 26.2 Å². The van der Waals surface area contributed by atoms with Crippen molar-refractivity contribution in [2.75, 3.05) is 5.75 Å². The van der Waals surface area contributed by atoms with Gasteiger partial charge in [-0.2, -0.15) is 0 Å². The van der Waals surface area contributed by atoms with Gasteiger partial charge < -0.3 is 0 Å². The van der Waals surface area contributed by atoms with Crippen molar-refractivity contribution >= 4 is 15.6 Å². The van der Waals surface area contributed by atoms with E-state index in [0.29, 0.717) is 19.3 Å². The van der Waals surface area contributed by atoms with E-state index in [1.54, 1.807) is 0 Å². The van der Waals surface area contributed by atoms with Gasteiger partial charge in [0.25, 0.3) is 0 Å². The zero-order valence-corrected chi connectivity index (χ0v) is 10.2. The molecule has 4 heteroatoms. The van der Waals surface area contributed by atoms with Crippen LogP contribution < -0.4 is 0 Å². The zero-order valence-electron chi connectivity index (χ0n) is 9.37. The Morgan fingerprint density at radius 3 is 2.60 bits per heavy atom. The molecule has 0 aromatic rings. The molecule has 1 rings (SSSR count). The van der Waals surface area contributed by atoms with E-state index in [1.165, 1.54) is 0 Å². The standard InChI is InChI=1S/C11H20O3S/c1-2-3-6-9-15(13,14)11-8-5-4-7-10(11)12/h11H,2-9H2,1H3. The molecule has 0 saturated heterocycles. The summed E-state index contributed by atoms with van der Waals surface area (Å²) in [6, 6.07) is 0. The van der Waals surface area contributed by atoms with Crippen LogP contribution in [0.5, 0.6) is 0 Å². The molecular weight excluding hydrogens is 212 g/mol. The van der Waals surface area contributed by atoms with Gasteiger partial charge in [-0.05, 0) is 19.3 Å². The van der Waals surface area contributed by atoms with E-state index >= 15 is 0 Å². The second-order valence-corrected chi connectivity index (χ2v) is 6.58. The lowest BCUT2D eigenvalue weighted by Crippen LogP contribution is -2.34. The van der Waals surface area contributed by atoms with Crippen LogP contribution in [0.3, 0.4) is 0 Å². The molecule has 1 saturated carbocycles. The number of carbonyl (C=O) groups excluding carboxylic acids is 1. The minimum absolute atomic E-state index is 0.0576. The summed E-state index contributed by atoms with van der Waals surface area (Å²) >= 11 is 0. The topological polar surface area (TPSA) is 51.2 Å². The van der Waals surface area contributed by atoms with Gasteiger partial charge in [0.2, 0.25) is 0 Å². The van der Waals surface area contributed by atoms with Crippen molar-refractivity contribution in [1.29, 1.82) is 0 Å². The Bertz CT molecular complexity index is 306. The van der Waals surface area contributed by atoms with Crippen LogP contribution in [0.25, 0.3) is 0 Å². The van der Waals surface area contributed by atoms with Crippen molar-refractivity contribution in [3.8, 4) is 0 Å². The quantitative estimate of drug-likeness (QED) is 0.682. The molecule has 3 nitrogen and oxygen atoms in total. The molecule has 0 radical (unpaired) electrons. The number of sulfone groups is 1. The summed E-state index contributed by atoms with van der Waals surface area (Å²) in [4.78, 5) is 11.5. The van der Waals surface area contributed by atoms with Crippen LogP contribution in [-0.4, -0.2) is 25.2 Å². The van der Waals surface area contributed by atoms with Crippen LogP contribution in [0.4, 0.5) is 0 Å². The highest BCUT2D eigenvalue weighted by atomic mass is 32.2. The van der Waals surface area contributed by atoms with Gasteiger partial charge >= 0.3 is 0 Å². The molecule has 0 amide bonds. The SMILES string of the molecule is CCCCCS(=O)(=O)C1CCCCC1=O. The van der Waals surface area contributed by atoms with Crippen LogP contribution >= 0.6 is 0 Å². The van der Waals surface area contributed by atoms with E-state index in [0.717, 1.165) is 25.7 Å². The van der Waals surface area contributed by atoms with Gasteiger partial charge in [-0.25, -0.2) is 8.42 Å². The maximum Gasteiger partial charge on any atom is 0.160 e. The highest BCUT2D eigenvalue weighted by Gasteiger charge is 2.33. The molecule has 0 spiro atoms. The van der Waals surface area contributed by atoms with Crippen LogP contribution in [0.2, 0.25) is 0 Å². The van der Waals surface area contributed by atoms with Crippen molar-refractivity contribution < 1.29 is 13.2 Å². The fourth-order valence-corrected chi connectivity index (χ4v) is 3.96. The summed E-state index contributed by atoms with van der Waals surface area (Å²) in [6.07, 6.45) is 5.38. The van der Waals surface area contributed by atoms with E-state index in [-0.39, 0.29) is 11.5 Å². The minimum Gasteiger partial charge on any atom is -0.298 e. The van der Waals surface area contributed by atoms with Crippen molar-refractivity contribution in [2.24, 2.45) is 0 Å². The van der Waals surface area contributed by atoms with Crippen molar-refractivity contribution in [1.82, 2.24) is 0 Å².